The Balaban J connectivity index is 2.84. The molecule has 0 radical (unpaired) electrons. The maximum absolute atomic E-state index is 13.6. The maximum atomic E-state index is 13.6. The first-order valence-electron chi connectivity index (χ1n) is 5.37. The maximum Gasteiger partial charge on any atom is 0.167 e. The second kappa shape index (κ2) is 5.64. The first-order chi connectivity index (χ1) is 7.50. The van der Waals surface area contributed by atoms with E-state index in [9.17, 15) is 9.18 Å². The highest BCUT2D eigenvalue weighted by Gasteiger charge is 2.11. The molecule has 0 aromatic carbocycles. The number of rotatable bonds is 3. The monoisotopic (exact) mass is 224 g/mol. The summed E-state index contributed by atoms with van der Waals surface area (Å²) in [5.41, 5.74) is 0.716. The second-order valence-corrected chi connectivity index (χ2v) is 4.11. The number of ketones is 1. The van der Waals surface area contributed by atoms with Gasteiger partial charge in [-0.2, -0.15) is 0 Å². The summed E-state index contributed by atoms with van der Waals surface area (Å²) in [6.45, 7) is 5.18. The van der Waals surface area contributed by atoms with Gasteiger partial charge < -0.3 is 4.74 Å². The van der Waals surface area contributed by atoms with Crippen LogP contribution in [-0.4, -0.2) is 12.4 Å². The lowest BCUT2D eigenvalue weighted by molar-refractivity contribution is -0.120. The van der Waals surface area contributed by atoms with Crippen LogP contribution in [0.2, 0.25) is 0 Å². The highest BCUT2D eigenvalue weighted by atomic mass is 19.1. The molecular weight excluding hydrogens is 207 g/mol. The smallest absolute Gasteiger partial charge is 0.167 e. The molecule has 0 aromatic rings. The Labute approximate surface area is 95.5 Å². The Hall–Kier alpha value is -1.38. The molecule has 1 unspecified atom stereocenters. The normalized spacial score (nSPS) is 31.0. The van der Waals surface area contributed by atoms with Gasteiger partial charge in [-0.25, -0.2) is 4.39 Å². The van der Waals surface area contributed by atoms with Crippen LogP contribution in [-0.2, 0) is 9.53 Å². The fraction of sp³-hybridized carbons (Fsp3) is 0.462. The first kappa shape index (κ1) is 12.7. The van der Waals surface area contributed by atoms with Crippen molar-refractivity contribution in [2.45, 2.75) is 27.2 Å². The number of allylic oxidation sites excluding steroid dienone is 5. The average molecular weight is 224 g/mol. The summed E-state index contributed by atoms with van der Waals surface area (Å²) in [7, 11) is 0. The van der Waals surface area contributed by atoms with E-state index in [1.165, 1.54) is 13.0 Å². The molecule has 0 fully saturated rings. The van der Waals surface area contributed by atoms with Crippen molar-refractivity contribution in [2.75, 3.05) is 6.61 Å². The summed E-state index contributed by atoms with van der Waals surface area (Å²) in [6.07, 6.45) is 5.77. The van der Waals surface area contributed by atoms with Gasteiger partial charge in [0.25, 0.3) is 0 Å². The zero-order valence-corrected chi connectivity index (χ0v) is 9.92. The van der Waals surface area contributed by atoms with Gasteiger partial charge in [-0.05, 0) is 37.8 Å². The third kappa shape index (κ3) is 3.65. The summed E-state index contributed by atoms with van der Waals surface area (Å²) >= 11 is 0. The summed E-state index contributed by atoms with van der Waals surface area (Å²) < 4.78 is 18.8. The van der Waals surface area contributed by atoms with Crippen molar-refractivity contribution in [1.82, 2.24) is 0 Å². The van der Waals surface area contributed by atoms with E-state index in [1.807, 2.05) is 13.0 Å². The van der Waals surface area contributed by atoms with Crippen molar-refractivity contribution >= 4 is 5.78 Å². The van der Waals surface area contributed by atoms with Crippen LogP contribution in [0.25, 0.3) is 0 Å². The summed E-state index contributed by atoms with van der Waals surface area (Å²) in [4.78, 5) is 10.8. The first-order valence-corrected chi connectivity index (χ1v) is 5.37. The molecule has 0 heterocycles. The number of ether oxygens (including phenoxy) is 1. The van der Waals surface area contributed by atoms with Crippen LogP contribution in [0.15, 0.2) is 35.4 Å². The van der Waals surface area contributed by atoms with E-state index in [2.05, 4.69) is 0 Å². The van der Waals surface area contributed by atoms with Crippen LogP contribution in [0.5, 0.6) is 0 Å². The molecule has 0 amide bonds. The molecular formula is C13H17FO2. The molecule has 3 heteroatoms. The third-order valence-corrected chi connectivity index (χ3v) is 2.60. The van der Waals surface area contributed by atoms with Crippen LogP contribution in [0.1, 0.15) is 27.2 Å². The Bertz CT molecular complexity index is 364. The van der Waals surface area contributed by atoms with E-state index in [1.54, 1.807) is 13.0 Å². The number of hydrogen-bond acceptors (Lipinski definition) is 2. The van der Waals surface area contributed by atoms with E-state index < -0.39 is 0 Å². The predicted molar refractivity (Wildman–Crippen MR) is 61.4 cm³/mol. The van der Waals surface area contributed by atoms with Gasteiger partial charge in [0, 0.05) is 6.08 Å². The van der Waals surface area contributed by atoms with Crippen molar-refractivity contribution in [3.63, 3.8) is 0 Å². The lowest BCUT2D eigenvalue weighted by Gasteiger charge is -2.13. The van der Waals surface area contributed by atoms with Crippen molar-refractivity contribution in [3.8, 4) is 0 Å². The van der Waals surface area contributed by atoms with E-state index in [0.29, 0.717) is 11.3 Å². The number of Topliss-reactive ketones (excluding diaryl/α,β-unsaturated/α-hetero) is 1. The largest absolute Gasteiger partial charge is 0.486 e. The zero-order valence-electron chi connectivity index (χ0n) is 9.92. The van der Waals surface area contributed by atoms with E-state index in [-0.39, 0.29) is 24.1 Å². The Morgan fingerprint density at radius 3 is 2.94 bits per heavy atom. The molecule has 16 heavy (non-hydrogen) atoms. The molecule has 88 valence electrons. The standard InChI is InChI=1S/C13H17FO2/c1-9-5-4-6-12(16-8-10(2)15)7-13(14)11(9)3/h4,6-7,9H,5,8H2,1-3H3/b6-4+,12-7+,13-11+. The molecule has 1 aliphatic rings. The highest BCUT2D eigenvalue weighted by Crippen LogP contribution is 2.24. The molecule has 0 aromatic heterocycles. The number of carbonyl (C=O) groups is 1. The van der Waals surface area contributed by atoms with Crippen LogP contribution in [0, 0.1) is 5.92 Å². The topological polar surface area (TPSA) is 26.3 Å². The lowest BCUT2D eigenvalue weighted by Crippen LogP contribution is -2.05. The van der Waals surface area contributed by atoms with Gasteiger partial charge in [-0.15, -0.1) is 0 Å². The predicted octanol–water partition coefficient (Wildman–Crippen LogP) is 3.32. The Morgan fingerprint density at radius 1 is 1.62 bits per heavy atom. The Morgan fingerprint density at radius 2 is 2.31 bits per heavy atom. The molecule has 1 rings (SSSR count). The molecule has 0 saturated carbocycles. The minimum Gasteiger partial charge on any atom is -0.486 e. The molecule has 1 aliphatic carbocycles. The Kier molecular flexibility index (Phi) is 4.47. The molecule has 0 aliphatic heterocycles. The van der Waals surface area contributed by atoms with E-state index in [4.69, 9.17) is 4.74 Å². The van der Waals surface area contributed by atoms with Crippen LogP contribution in [0.3, 0.4) is 0 Å². The van der Waals surface area contributed by atoms with Crippen molar-refractivity contribution in [2.24, 2.45) is 5.92 Å². The van der Waals surface area contributed by atoms with Gasteiger partial charge in [-0.1, -0.05) is 13.0 Å². The molecule has 0 N–H and O–H groups in total. The van der Waals surface area contributed by atoms with Crippen LogP contribution >= 0.6 is 0 Å². The molecule has 0 saturated heterocycles. The SMILES string of the molecule is CC(=O)COC1=C/C(F)=C(/C)C(C)C\C=C\1. The summed E-state index contributed by atoms with van der Waals surface area (Å²) in [5, 5.41) is 0. The fourth-order valence-electron chi connectivity index (χ4n) is 1.36. The van der Waals surface area contributed by atoms with Crippen LogP contribution < -0.4 is 0 Å². The van der Waals surface area contributed by atoms with Gasteiger partial charge >= 0.3 is 0 Å². The van der Waals surface area contributed by atoms with Crippen molar-refractivity contribution in [1.29, 1.82) is 0 Å². The number of carbonyl (C=O) groups excluding carboxylic acids is 1. The van der Waals surface area contributed by atoms with Gasteiger partial charge in [0.05, 0.1) is 0 Å². The van der Waals surface area contributed by atoms with Crippen LogP contribution in [0.4, 0.5) is 4.39 Å². The summed E-state index contributed by atoms with van der Waals surface area (Å²) in [5.74, 6) is 0.252. The number of hydrogen-bond donors (Lipinski definition) is 0. The molecule has 0 spiro atoms. The fourth-order valence-corrected chi connectivity index (χ4v) is 1.36. The van der Waals surface area contributed by atoms with Gasteiger partial charge in [0.2, 0.25) is 0 Å². The van der Waals surface area contributed by atoms with Gasteiger partial charge in [0.1, 0.15) is 18.2 Å². The quantitative estimate of drug-likeness (QED) is 0.735. The minimum atomic E-state index is -0.268. The molecule has 2 nitrogen and oxygen atoms in total. The van der Waals surface area contributed by atoms with E-state index in [0.717, 1.165) is 6.42 Å². The van der Waals surface area contributed by atoms with Crippen molar-refractivity contribution < 1.29 is 13.9 Å². The van der Waals surface area contributed by atoms with Gasteiger partial charge in [0.15, 0.2) is 5.78 Å². The number of halogens is 1. The summed E-state index contributed by atoms with van der Waals surface area (Å²) in [6, 6.07) is 0. The highest BCUT2D eigenvalue weighted by molar-refractivity contribution is 5.76. The lowest BCUT2D eigenvalue weighted by atomic mass is 9.96. The van der Waals surface area contributed by atoms with Gasteiger partial charge in [-0.3, -0.25) is 4.79 Å². The third-order valence-electron chi connectivity index (χ3n) is 2.60. The molecule has 0 bridgehead atoms. The van der Waals surface area contributed by atoms with E-state index >= 15 is 0 Å². The molecule has 1 atom stereocenters. The average Bonchev–Trinajstić information content (AvgIpc) is 2.22. The van der Waals surface area contributed by atoms with Crippen molar-refractivity contribution in [3.05, 3.63) is 35.4 Å². The second-order valence-electron chi connectivity index (χ2n) is 4.11. The minimum absolute atomic E-state index is 0.0158. The zero-order chi connectivity index (χ0) is 12.1.